The van der Waals surface area contributed by atoms with Crippen molar-refractivity contribution in [3.63, 3.8) is 0 Å². The summed E-state index contributed by atoms with van der Waals surface area (Å²) in [4.78, 5) is 0. The summed E-state index contributed by atoms with van der Waals surface area (Å²) in [5, 5.41) is 24.6. The highest BCUT2D eigenvalue weighted by atomic mass is 16.3. The van der Waals surface area contributed by atoms with E-state index in [9.17, 15) is 5.11 Å². The first-order valence-corrected chi connectivity index (χ1v) is 6.22. The minimum absolute atomic E-state index is 0.0716. The second-order valence-corrected chi connectivity index (χ2v) is 5.21. The Hall–Kier alpha value is -1.95. The van der Waals surface area contributed by atoms with Crippen molar-refractivity contribution in [3.8, 4) is 5.69 Å². The number of rotatable bonds is 4. The molecule has 0 radical (unpaired) electrons. The summed E-state index contributed by atoms with van der Waals surface area (Å²) in [6, 6.07) is 7.69. The zero-order valence-electron chi connectivity index (χ0n) is 11.6. The fraction of sp³-hybridized carbons (Fsp3) is 0.462. The lowest BCUT2D eigenvalue weighted by molar-refractivity contribution is 0.0649. The molecule has 0 spiro atoms. The number of aryl methyl sites for hydroxylation is 1. The van der Waals surface area contributed by atoms with Crippen LogP contribution in [0.15, 0.2) is 24.3 Å². The first kappa shape index (κ1) is 13.5. The molecule has 1 atom stereocenters. The molecule has 2 rings (SSSR count). The predicted molar refractivity (Wildman–Crippen MR) is 73.3 cm³/mol. The van der Waals surface area contributed by atoms with E-state index in [-0.39, 0.29) is 6.04 Å². The number of aromatic nitrogens is 4. The Morgan fingerprint density at radius 2 is 2.11 bits per heavy atom. The zero-order valence-corrected chi connectivity index (χ0v) is 11.6. The molecule has 0 aliphatic rings. The number of anilines is 1. The molecule has 0 aliphatic carbocycles. The molecule has 1 unspecified atom stereocenters. The third-order valence-electron chi connectivity index (χ3n) is 3.16. The van der Waals surface area contributed by atoms with Crippen LogP contribution in [0.2, 0.25) is 0 Å². The maximum atomic E-state index is 9.94. The number of aliphatic hydroxyl groups is 1. The molecule has 0 amide bonds. The van der Waals surface area contributed by atoms with Crippen molar-refractivity contribution in [1.29, 1.82) is 0 Å². The lowest BCUT2D eigenvalue weighted by Gasteiger charge is -2.27. The van der Waals surface area contributed by atoms with Gasteiger partial charge in [0.15, 0.2) is 5.82 Å². The van der Waals surface area contributed by atoms with Crippen LogP contribution in [0.5, 0.6) is 0 Å². The average molecular weight is 261 g/mol. The molecule has 1 aromatic carbocycles. The molecule has 2 N–H and O–H groups in total. The quantitative estimate of drug-likeness (QED) is 0.873. The molecule has 0 saturated carbocycles. The van der Waals surface area contributed by atoms with Crippen LogP contribution in [0.4, 0.5) is 5.69 Å². The Labute approximate surface area is 112 Å². The van der Waals surface area contributed by atoms with Gasteiger partial charge in [-0.25, -0.2) is 0 Å². The van der Waals surface area contributed by atoms with Crippen molar-refractivity contribution in [3.05, 3.63) is 30.1 Å². The van der Waals surface area contributed by atoms with Crippen LogP contribution in [-0.2, 0) is 0 Å². The third kappa shape index (κ3) is 3.08. The molecule has 6 heteroatoms. The summed E-state index contributed by atoms with van der Waals surface area (Å²) in [6.07, 6.45) is 0. The van der Waals surface area contributed by atoms with E-state index >= 15 is 0 Å². The van der Waals surface area contributed by atoms with Gasteiger partial charge in [-0.2, -0.15) is 4.68 Å². The maximum Gasteiger partial charge on any atom is 0.153 e. The van der Waals surface area contributed by atoms with Gasteiger partial charge in [-0.15, -0.1) is 5.10 Å². The predicted octanol–water partition coefficient (Wildman–Crippen LogP) is 1.54. The Morgan fingerprint density at radius 3 is 2.68 bits per heavy atom. The zero-order chi connectivity index (χ0) is 14.0. The molecular weight excluding hydrogens is 242 g/mol. The highest BCUT2D eigenvalue weighted by Crippen LogP contribution is 2.18. The molecule has 6 nitrogen and oxygen atoms in total. The van der Waals surface area contributed by atoms with E-state index in [1.54, 1.807) is 18.5 Å². The summed E-state index contributed by atoms with van der Waals surface area (Å²) in [5.74, 6) is 0.729. The van der Waals surface area contributed by atoms with Crippen LogP contribution in [0.25, 0.3) is 5.69 Å². The number of nitrogens with one attached hydrogen (secondary N) is 1. The molecule has 19 heavy (non-hydrogen) atoms. The van der Waals surface area contributed by atoms with Crippen LogP contribution in [0.1, 0.15) is 26.6 Å². The first-order valence-electron chi connectivity index (χ1n) is 6.22. The van der Waals surface area contributed by atoms with Crippen LogP contribution in [-0.4, -0.2) is 37.0 Å². The second-order valence-electron chi connectivity index (χ2n) is 5.21. The molecule has 1 aromatic heterocycles. The van der Waals surface area contributed by atoms with E-state index in [4.69, 9.17) is 0 Å². The molecule has 0 fully saturated rings. The normalized spacial score (nSPS) is 13.3. The van der Waals surface area contributed by atoms with E-state index in [0.717, 1.165) is 17.2 Å². The Bertz CT molecular complexity index is 558. The van der Waals surface area contributed by atoms with Gasteiger partial charge in [0.25, 0.3) is 0 Å². The molecule has 2 aromatic rings. The number of nitrogens with zero attached hydrogens (tertiary/aromatic N) is 4. The van der Waals surface area contributed by atoms with Crippen molar-refractivity contribution in [2.45, 2.75) is 39.3 Å². The summed E-state index contributed by atoms with van der Waals surface area (Å²) in [7, 11) is 0. The SMILES string of the molecule is Cc1nnnn1-c1cccc(NC(C)C(C)(C)O)c1. The lowest BCUT2D eigenvalue weighted by atomic mass is 10.0. The molecule has 102 valence electrons. The van der Waals surface area contributed by atoms with Gasteiger partial charge in [0.2, 0.25) is 0 Å². The topological polar surface area (TPSA) is 75.9 Å². The Kier molecular flexibility index (Phi) is 3.53. The van der Waals surface area contributed by atoms with Gasteiger partial charge < -0.3 is 10.4 Å². The van der Waals surface area contributed by atoms with E-state index in [1.807, 2.05) is 38.1 Å². The first-order chi connectivity index (χ1) is 8.88. The highest BCUT2D eigenvalue weighted by molar-refractivity contribution is 5.51. The minimum atomic E-state index is -0.791. The van der Waals surface area contributed by atoms with E-state index < -0.39 is 5.60 Å². The fourth-order valence-electron chi connectivity index (χ4n) is 1.62. The number of hydrogen-bond donors (Lipinski definition) is 2. The van der Waals surface area contributed by atoms with Crippen molar-refractivity contribution >= 4 is 5.69 Å². The van der Waals surface area contributed by atoms with Crippen molar-refractivity contribution in [2.24, 2.45) is 0 Å². The van der Waals surface area contributed by atoms with Gasteiger partial charge in [0.05, 0.1) is 17.3 Å². The standard InChI is InChI=1S/C13H19N5O/c1-9(13(3,4)19)14-11-6-5-7-12(8-11)18-10(2)15-16-17-18/h5-9,14,19H,1-4H3. The second kappa shape index (κ2) is 4.97. The number of benzene rings is 1. The molecule has 0 aliphatic heterocycles. The average Bonchev–Trinajstić information content (AvgIpc) is 2.74. The van der Waals surface area contributed by atoms with Crippen LogP contribution in [0, 0.1) is 6.92 Å². The van der Waals surface area contributed by atoms with E-state index in [2.05, 4.69) is 20.8 Å². The monoisotopic (exact) mass is 261 g/mol. The molecular formula is C13H19N5O. The van der Waals surface area contributed by atoms with E-state index in [0.29, 0.717) is 0 Å². The van der Waals surface area contributed by atoms with Crippen LogP contribution < -0.4 is 5.32 Å². The summed E-state index contributed by atoms with van der Waals surface area (Å²) >= 11 is 0. The van der Waals surface area contributed by atoms with Gasteiger partial charge in [0.1, 0.15) is 0 Å². The summed E-state index contributed by atoms with van der Waals surface area (Å²) in [5.41, 5.74) is 1.01. The van der Waals surface area contributed by atoms with Gasteiger partial charge in [-0.1, -0.05) is 6.07 Å². The van der Waals surface area contributed by atoms with Gasteiger partial charge in [-0.05, 0) is 56.3 Å². The third-order valence-corrected chi connectivity index (χ3v) is 3.16. The van der Waals surface area contributed by atoms with Gasteiger partial charge >= 0.3 is 0 Å². The van der Waals surface area contributed by atoms with Crippen LogP contribution in [0.3, 0.4) is 0 Å². The van der Waals surface area contributed by atoms with Crippen molar-refractivity contribution in [1.82, 2.24) is 20.2 Å². The number of tetrazole rings is 1. The van der Waals surface area contributed by atoms with Crippen LogP contribution >= 0.6 is 0 Å². The summed E-state index contributed by atoms with van der Waals surface area (Å²) < 4.78 is 1.67. The minimum Gasteiger partial charge on any atom is -0.388 e. The Balaban J connectivity index is 2.23. The fourth-order valence-corrected chi connectivity index (χ4v) is 1.62. The van der Waals surface area contributed by atoms with Gasteiger partial charge in [0, 0.05) is 5.69 Å². The lowest BCUT2D eigenvalue weighted by Crippen LogP contribution is -2.39. The largest absolute Gasteiger partial charge is 0.388 e. The van der Waals surface area contributed by atoms with Crippen molar-refractivity contribution in [2.75, 3.05) is 5.32 Å². The van der Waals surface area contributed by atoms with E-state index in [1.165, 1.54) is 0 Å². The van der Waals surface area contributed by atoms with Crippen molar-refractivity contribution < 1.29 is 5.11 Å². The molecule has 1 heterocycles. The maximum absolute atomic E-state index is 9.94. The Morgan fingerprint density at radius 1 is 1.37 bits per heavy atom. The van der Waals surface area contributed by atoms with Gasteiger partial charge in [-0.3, -0.25) is 0 Å². The highest BCUT2D eigenvalue weighted by Gasteiger charge is 2.21. The summed E-state index contributed by atoms with van der Waals surface area (Å²) in [6.45, 7) is 7.34. The smallest absolute Gasteiger partial charge is 0.153 e. The molecule has 0 saturated heterocycles. The number of hydrogen-bond acceptors (Lipinski definition) is 5. The molecule has 0 bridgehead atoms.